The zero-order valence-corrected chi connectivity index (χ0v) is 12.4. The second kappa shape index (κ2) is 7.02. The van der Waals surface area contributed by atoms with Crippen molar-refractivity contribution in [3.63, 3.8) is 0 Å². The third kappa shape index (κ3) is 3.48. The number of thiazole rings is 1. The molecule has 1 aliphatic heterocycles. The summed E-state index contributed by atoms with van der Waals surface area (Å²) < 4.78 is 5.64. The number of likely N-dealkylation sites (tertiary alicyclic amines) is 1. The highest BCUT2D eigenvalue weighted by molar-refractivity contribution is 7.07. The van der Waals surface area contributed by atoms with Crippen LogP contribution in [0.4, 0.5) is 0 Å². The quantitative estimate of drug-likeness (QED) is 0.888. The van der Waals surface area contributed by atoms with Crippen LogP contribution in [-0.2, 0) is 6.54 Å². The Morgan fingerprint density at radius 2 is 2.25 bits per heavy atom. The van der Waals surface area contributed by atoms with E-state index in [1.165, 1.54) is 32.4 Å². The molecule has 1 unspecified atom stereocenters. The normalized spacial score (nSPS) is 18.2. The van der Waals surface area contributed by atoms with Crippen molar-refractivity contribution < 1.29 is 4.42 Å². The average molecular weight is 291 g/mol. The highest BCUT2D eigenvalue weighted by atomic mass is 32.1. The minimum absolute atomic E-state index is 0.337. The molecule has 3 heterocycles. The van der Waals surface area contributed by atoms with Crippen molar-refractivity contribution in [1.82, 2.24) is 15.2 Å². The van der Waals surface area contributed by atoms with Crippen molar-refractivity contribution >= 4 is 11.3 Å². The van der Waals surface area contributed by atoms with Crippen molar-refractivity contribution in [3.05, 3.63) is 40.7 Å². The van der Waals surface area contributed by atoms with Crippen LogP contribution in [0.25, 0.3) is 0 Å². The lowest BCUT2D eigenvalue weighted by Gasteiger charge is -2.33. The van der Waals surface area contributed by atoms with E-state index in [9.17, 15) is 0 Å². The summed E-state index contributed by atoms with van der Waals surface area (Å²) >= 11 is 1.64. The van der Waals surface area contributed by atoms with E-state index in [1.807, 2.05) is 11.6 Å². The van der Waals surface area contributed by atoms with Gasteiger partial charge in [-0.25, -0.2) is 4.98 Å². The lowest BCUT2D eigenvalue weighted by molar-refractivity contribution is 0.142. The highest BCUT2D eigenvalue weighted by Gasteiger charge is 2.23. The number of furan rings is 1. The molecule has 0 spiro atoms. The SMILES string of the molecule is c1coc(C(CNCc2cscn2)N2CCCCC2)c1. The molecular formula is C15H21N3OS. The van der Waals surface area contributed by atoms with Crippen LogP contribution in [-0.4, -0.2) is 29.5 Å². The van der Waals surface area contributed by atoms with Crippen molar-refractivity contribution in [3.8, 4) is 0 Å². The summed E-state index contributed by atoms with van der Waals surface area (Å²) in [7, 11) is 0. The molecule has 0 amide bonds. The third-order valence-corrected chi connectivity index (χ3v) is 4.47. The second-order valence-corrected chi connectivity index (χ2v) is 5.96. The molecule has 1 atom stereocenters. The van der Waals surface area contributed by atoms with E-state index in [1.54, 1.807) is 17.6 Å². The van der Waals surface area contributed by atoms with Crippen LogP contribution < -0.4 is 5.32 Å². The van der Waals surface area contributed by atoms with Gasteiger partial charge in [0.15, 0.2) is 0 Å². The molecule has 2 aromatic heterocycles. The lowest BCUT2D eigenvalue weighted by Crippen LogP contribution is -2.38. The highest BCUT2D eigenvalue weighted by Crippen LogP contribution is 2.24. The Morgan fingerprint density at radius 3 is 2.95 bits per heavy atom. The van der Waals surface area contributed by atoms with Gasteiger partial charge in [0.05, 0.1) is 23.5 Å². The van der Waals surface area contributed by atoms with Gasteiger partial charge in [-0.15, -0.1) is 11.3 Å². The molecule has 20 heavy (non-hydrogen) atoms. The first kappa shape index (κ1) is 13.8. The number of piperidine rings is 1. The maximum absolute atomic E-state index is 5.64. The molecule has 0 radical (unpaired) electrons. The number of aromatic nitrogens is 1. The summed E-state index contributed by atoms with van der Waals surface area (Å²) in [5.41, 5.74) is 3.00. The van der Waals surface area contributed by atoms with Gasteiger partial charge in [-0.1, -0.05) is 6.42 Å². The van der Waals surface area contributed by atoms with Crippen molar-refractivity contribution in [2.24, 2.45) is 0 Å². The summed E-state index contributed by atoms with van der Waals surface area (Å²) in [6.45, 7) is 4.08. The maximum atomic E-state index is 5.64. The molecule has 4 nitrogen and oxygen atoms in total. The maximum Gasteiger partial charge on any atom is 0.122 e. The van der Waals surface area contributed by atoms with Gasteiger partial charge in [0.25, 0.3) is 0 Å². The minimum atomic E-state index is 0.337. The summed E-state index contributed by atoms with van der Waals surface area (Å²) in [6, 6.07) is 4.40. The Kier molecular flexibility index (Phi) is 4.84. The summed E-state index contributed by atoms with van der Waals surface area (Å²) in [4.78, 5) is 6.85. The van der Waals surface area contributed by atoms with E-state index in [2.05, 4.69) is 26.6 Å². The first-order chi connectivity index (χ1) is 9.93. The fraction of sp³-hybridized carbons (Fsp3) is 0.533. The van der Waals surface area contributed by atoms with Gasteiger partial charge >= 0.3 is 0 Å². The van der Waals surface area contributed by atoms with Crippen LogP contribution in [0.3, 0.4) is 0 Å². The predicted molar refractivity (Wildman–Crippen MR) is 80.7 cm³/mol. The number of nitrogens with zero attached hydrogens (tertiary/aromatic N) is 2. The van der Waals surface area contributed by atoms with E-state index >= 15 is 0 Å². The van der Waals surface area contributed by atoms with Gasteiger partial charge in [0.1, 0.15) is 5.76 Å². The molecule has 0 saturated carbocycles. The Bertz CT molecular complexity index is 477. The van der Waals surface area contributed by atoms with Gasteiger partial charge in [-0.2, -0.15) is 0 Å². The monoisotopic (exact) mass is 291 g/mol. The van der Waals surface area contributed by atoms with Gasteiger partial charge < -0.3 is 9.73 Å². The summed E-state index contributed by atoms with van der Waals surface area (Å²) in [5, 5.41) is 5.61. The van der Waals surface area contributed by atoms with Crippen LogP contribution in [0.15, 0.2) is 33.7 Å². The lowest BCUT2D eigenvalue weighted by atomic mass is 10.1. The largest absolute Gasteiger partial charge is 0.468 e. The molecular weight excluding hydrogens is 270 g/mol. The summed E-state index contributed by atoms with van der Waals surface area (Å²) in [5.74, 6) is 1.07. The average Bonchev–Trinajstić information content (AvgIpc) is 3.18. The number of rotatable bonds is 6. The van der Waals surface area contributed by atoms with E-state index in [4.69, 9.17) is 4.42 Å². The minimum Gasteiger partial charge on any atom is -0.468 e. The molecule has 2 aromatic rings. The smallest absolute Gasteiger partial charge is 0.122 e. The molecule has 1 aliphatic rings. The molecule has 1 saturated heterocycles. The molecule has 108 valence electrons. The Labute approximate surface area is 123 Å². The zero-order valence-electron chi connectivity index (χ0n) is 11.6. The Morgan fingerprint density at radius 1 is 1.35 bits per heavy atom. The molecule has 0 aliphatic carbocycles. The number of hydrogen-bond donors (Lipinski definition) is 1. The molecule has 0 aromatic carbocycles. The fourth-order valence-electron chi connectivity index (χ4n) is 2.78. The molecule has 0 bridgehead atoms. The summed E-state index contributed by atoms with van der Waals surface area (Å²) in [6.07, 6.45) is 5.72. The fourth-order valence-corrected chi connectivity index (χ4v) is 3.34. The topological polar surface area (TPSA) is 41.3 Å². The van der Waals surface area contributed by atoms with Crippen LogP contribution >= 0.6 is 11.3 Å². The molecule has 5 heteroatoms. The van der Waals surface area contributed by atoms with Crippen LogP contribution in [0.2, 0.25) is 0 Å². The Balaban J connectivity index is 1.60. The van der Waals surface area contributed by atoms with Crippen LogP contribution in [0, 0.1) is 0 Å². The van der Waals surface area contributed by atoms with Crippen molar-refractivity contribution in [2.45, 2.75) is 31.8 Å². The third-order valence-electron chi connectivity index (χ3n) is 3.83. The van der Waals surface area contributed by atoms with Gasteiger partial charge in [-0.05, 0) is 38.1 Å². The van der Waals surface area contributed by atoms with Crippen molar-refractivity contribution in [2.75, 3.05) is 19.6 Å². The zero-order chi connectivity index (χ0) is 13.6. The van der Waals surface area contributed by atoms with Crippen LogP contribution in [0.1, 0.15) is 36.8 Å². The standard InChI is InChI=1S/C15H21N3OS/c1-2-6-18(7-3-1)14(15-5-4-8-19-15)10-16-9-13-11-20-12-17-13/h4-5,8,11-12,14,16H,1-3,6-7,9-10H2. The Hall–Kier alpha value is -1.17. The van der Waals surface area contributed by atoms with E-state index in [-0.39, 0.29) is 0 Å². The molecule has 1 N–H and O–H groups in total. The molecule has 1 fully saturated rings. The number of hydrogen-bond acceptors (Lipinski definition) is 5. The molecule has 3 rings (SSSR count). The first-order valence-electron chi connectivity index (χ1n) is 7.29. The van der Waals surface area contributed by atoms with Crippen LogP contribution in [0.5, 0.6) is 0 Å². The van der Waals surface area contributed by atoms with Gasteiger partial charge in [0.2, 0.25) is 0 Å². The number of nitrogens with one attached hydrogen (secondary N) is 1. The first-order valence-corrected chi connectivity index (χ1v) is 8.23. The predicted octanol–water partition coefficient (Wildman–Crippen LogP) is 3.05. The second-order valence-electron chi connectivity index (χ2n) is 5.24. The van der Waals surface area contributed by atoms with Gasteiger partial charge in [0, 0.05) is 18.5 Å². The van der Waals surface area contributed by atoms with E-state index in [0.29, 0.717) is 6.04 Å². The van der Waals surface area contributed by atoms with Gasteiger partial charge in [-0.3, -0.25) is 4.90 Å². The van der Waals surface area contributed by atoms with E-state index in [0.717, 1.165) is 24.5 Å². The van der Waals surface area contributed by atoms with E-state index < -0.39 is 0 Å². The van der Waals surface area contributed by atoms with Crippen molar-refractivity contribution in [1.29, 1.82) is 0 Å².